The lowest BCUT2D eigenvalue weighted by Gasteiger charge is -2.07. The van der Waals surface area contributed by atoms with Gasteiger partial charge in [0.25, 0.3) is 5.91 Å². The van der Waals surface area contributed by atoms with Crippen molar-refractivity contribution < 1.29 is 19.8 Å². The Morgan fingerprint density at radius 3 is 2.11 bits per heavy atom. The number of aromatic carboxylic acids is 1. The first-order valence-electron chi connectivity index (χ1n) is 8.24. The van der Waals surface area contributed by atoms with Crippen LogP contribution in [-0.2, 0) is 0 Å². The molecule has 0 bridgehead atoms. The van der Waals surface area contributed by atoms with Gasteiger partial charge in [-0.05, 0) is 24.3 Å². The summed E-state index contributed by atoms with van der Waals surface area (Å²) in [6.07, 6.45) is 3.14. The highest BCUT2D eigenvalue weighted by Gasteiger charge is 2.10. The van der Waals surface area contributed by atoms with Gasteiger partial charge in [-0.25, -0.2) is 9.78 Å². The number of nitrogens with zero attached hydrogens (tertiary/aromatic N) is 2. The number of carboxylic acids is 1. The molecule has 0 atom stereocenters. The van der Waals surface area contributed by atoms with Crippen molar-refractivity contribution in [1.82, 2.24) is 15.3 Å². The fourth-order valence-corrected chi connectivity index (χ4v) is 2.55. The minimum atomic E-state index is -1.01. The molecule has 0 aliphatic carbocycles. The molecule has 3 aromatic rings. The van der Waals surface area contributed by atoms with Crippen LogP contribution in [0.15, 0.2) is 60.9 Å². The van der Waals surface area contributed by atoms with Crippen LogP contribution in [0, 0.1) is 0 Å². The second kappa shape index (κ2) is 8.20. The van der Waals surface area contributed by atoms with E-state index in [4.69, 9.17) is 10.2 Å². The Hall–Kier alpha value is -3.58. The van der Waals surface area contributed by atoms with E-state index < -0.39 is 5.97 Å². The SMILES string of the molecule is O=C(O)c1cccc(-c2cncc(-c3cccc(C(=O)NCCO)c3)n2)c1. The van der Waals surface area contributed by atoms with Crippen LogP contribution in [0.5, 0.6) is 0 Å². The standard InChI is InChI=1S/C20H17N3O4/c24-8-7-22-19(25)15-5-1-3-13(9-15)17-11-21-12-18(23-17)14-4-2-6-16(10-14)20(26)27/h1-6,9-12,24H,7-8H2,(H,22,25)(H,26,27). The lowest BCUT2D eigenvalue weighted by atomic mass is 10.1. The highest BCUT2D eigenvalue weighted by Crippen LogP contribution is 2.23. The number of rotatable bonds is 6. The number of aliphatic hydroxyl groups is 1. The first-order chi connectivity index (χ1) is 13.1. The van der Waals surface area contributed by atoms with Crippen LogP contribution in [0.2, 0.25) is 0 Å². The number of benzene rings is 2. The average Bonchev–Trinajstić information content (AvgIpc) is 2.72. The Morgan fingerprint density at radius 2 is 1.52 bits per heavy atom. The summed E-state index contributed by atoms with van der Waals surface area (Å²) in [6, 6.07) is 13.4. The number of carboxylic acid groups (broad SMARTS) is 1. The summed E-state index contributed by atoms with van der Waals surface area (Å²) in [7, 11) is 0. The molecule has 27 heavy (non-hydrogen) atoms. The van der Waals surface area contributed by atoms with Gasteiger partial charge < -0.3 is 15.5 Å². The summed E-state index contributed by atoms with van der Waals surface area (Å²) in [6.45, 7) is 0.0482. The maximum absolute atomic E-state index is 12.1. The van der Waals surface area contributed by atoms with Gasteiger partial charge >= 0.3 is 5.97 Å². The van der Waals surface area contributed by atoms with Crippen molar-refractivity contribution in [2.75, 3.05) is 13.2 Å². The number of hydrogen-bond donors (Lipinski definition) is 3. The molecule has 1 aromatic heterocycles. The lowest BCUT2D eigenvalue weighted by molar-refractivity contribution is 0.0696. The van der Waals surface area contributed by atoms with Crippen LogP contribution in [0.25, 0.3) is 22.5 Å². The van der Waals surface area contributed by atoms with E-state index in [1.54, 1.807) is 42.7 Å². The van der Waals surface area contributed by atoms with E-state index in [-0.39, 0.29) is 24.6 Å². The average molecular weight is 363 g/mol. The fourth-order valence-electron chi connectivity index (χ4n) is 2.55. The van der Waals surface area contributed by atoms with Crippen LogP contribution >= 0.6 is 0 Å². The number of aromatic nitrogens is 2. The second-order valence-electron chi connectivity index (χ2n) is 5.74. The molecule has 0 saturated carbocycles. The van der Waals surface area contributed by atoms with Gasteiger partial charge in [0.15, 0.2) is 0 Å². The number of nitrogens with one attached hydrogen (secondary N) is 1. The lowest BCUT2D eigenvalue weighted by Crippen LogP contribution is -2.26. The van der Waals surface area contributed by atoms with Gasteiger partial charge in [0.2, 0.25) is 0 Å². The predicted molar refractivity (Wildman–Crippen MR) is 99.3 cm³/mol. The molecule has 2 aromatic carbocycles. The quantitative estimate of drug-likeness (QED) is 0.619. The molecular formula is C20H17N3O4. The summed E-state index contributed by atoms with van der Waals surface area (Å²) in [5, 5.41) is 20.6. The third kappa shape index (κ3) is 4.34. The van der Waals surface area contributed by atoms with Gasteiger partial charge in [-0.2, -0.15) is 0 Å². The molecular weight excluding hydrogens is 346 g/mol. The van der Waals surface area contributed by atoms with Crippen molar-refractivity contribution in [3.63, 3.8) is 0 Å². The third-order valence-corrected chi connectivity index (χ3v) is 3.86. The molecule has 1 heterocycles. The molecule has 3 N–H and O–H groups in total. The molecule has 0 aliphatic rings. The summed E-state index contributed by atoms with van der Waals surface area (Å²) in [4.78, 5) is 32.0. The van der Waals surface area contributed by atoms with Crippen molar-refractivity contribution in [2.24, 2.45) is 0 Å². The smallest absolute Gasteiger partial charge is 0.335 e. The van der Waals surface area contributed by atoms with Gasteiger partial charge in [-0.1, -0.05) is 24.3 Å². The van der Waals surface area contributed by atoms with E-state index in [2.05, 4.69) is 15.3 Å². The predicted octanol–water partition coefficient (Wildman–Crippen LogP) is 2.23. The highest BCUT2D eigenvalue weighted by molar-refractivity contribution is 5.95. The number of hydrogen-bond acceptors (Lipinski definition) is 5. The molecule has 7 heteroatoms. The molecule has 1 amide bonds. The first kappa shape index (κ1) is 18.2. The summed E-state index contributed by atoms with van der Waals surface area (Å²) in [5.74, 6) is -1.30. The molecule has 7 nitrogen and oxygen atoms in total. The monoisotopic (exact) mass is 363 g/mol. The third-order valence-electron chi connectivity index (χ3n) is 3.86. The molecule has 3 rings (SSSR count). The van der Waals surface area contributed by atoms with Gasteiger partial charge in [0.1, 0.15) is 0 Å². The largest absolute Gasteiger partial charge is 0.478 e. The highest BCUT2D eigenvalue weighted by atomic mass is 16.4. The van der Waals surface area contributed by atoms with Crippen molar-refractivity contribution in [3.8, 4) is 22.5 Å². The zero-order chi connectivity index (χ0) is 19.2. The van der Waals surface area contributed by atoms with Crippen molar-refractivity contribution in [1.29, 1.82) is 0 Å². The minimum Gasteiger partial charge on any atom is -0.478 e. The second-order valence-corrected chi connectivity index (χ2v) is 5.74. The van der Waals surface area contributed by atoms with Gasteiger partial charge in [0.05, 0.1) is 36.0 Å². The Bertz CT molecular complexity index is 988. The number of carbonyl (C=O) groups is 2. The molecule has 0 fully saturated rings. The van der Waals surface area contributed by atoms with Crippen molar-refractivity contribution in [3.05, 3.63) is 72.1 Å². The van der Waals surface area contributed by atoms with Crippen LogP contribution in [-0.4, -0.2) is 45.2 Å². The Labute approximate surface area is 155 Å². The maximum Gasteiger partial charge on any atom is 0.335 e. The minimum absolute atomic E-state index is 0.131. The van der Waals surface area contributed by atoms with Crippen LogP contribution in [0.1, 0.15) is 20.7 Å². The molecule has 0 spiro atoms. The van der Waals surface area contributed by atoms with E-state index in [9.17, 15) is 9.59 Å². The Kier molecular flexibility index (Phi) is 5.53. The molecule has 0 radical (unpaired) electrons. The van der Waals surface area contributed by atoms with Gasteiger partial charge in [0, 0.05) is 23.2 Å². The van der Waals surface area contributed by atoms with Crippen LogP contribution in [0.3, 0.4) is 0 Å². The van der Waals surface area contributed by atoms with Gasteiger partial charge in [-0.15, -0.1) is 0 Å². The van der Waals surface area contributed by atoms with Gasteiger partial charge in [-0.3, -0.25) is 9.78 Å². The van der Waals surface area contributed by atoms with E-state index in [1.807, 2.05) is 6.07 Å². The van der Waals surface area contributed by atoms with E-state index in [0.717, 1.165) is 0 Å². The topological polar surface area (TPSA) is 112 Å². The van der Waals surface area contributed by atoms with Crippen molar-refractivity contribution in [2.45, 2.75) is 0 Å². The Morgan fingerprint density at radius 1 is 0.926 bits per heavy atom. The summed E-state index contributed by atoms with van der Waals surface area (Å²) in [5.41, 5.74) is 3.05. The number of aliphatic hydroxyl groups excluding tert-OH is 1. The summed E-state index contributed by atoms with van der Waals surface area (Å²) >= 11 is 0. The first-order valence-corrected chi connectivity index (χ1v) is 8.24. The molecule has 136 valence electrons. The van der Waals surface area contributed by atoms with E-state index in [0.29, 0.717) is 28.1 Å². The van der Waals surface area contributed by atoms with Crippen molar-refractivity contribution >= 4 is 11.9 Å². The number of amides is 1. The van der Waals surface area contributed by atoms with Crippen LogP contribution in [0.4, 0.5) is 0 Å². The normalized spacial score (nSPS) is 10.4. The zero-order valence-corrected chi connectivity index (χ0v) is 14.3. The molecule has 0 unspecified atom stereocenters. The fraction of sp³-hybridized carbons (Fsp3) is 0.100. The number of carbonyl (C=O) groups excluding carboxylic acids is 1. The molecule has 0 saturated heterocycles. The van der Waals surface area contributed by atoms with E-state index in [1.165, 1.54) is 12.1 Å². The maximum atomic E-state index is 12.1. The van der Waals surface area contributed by atoms with E-state index >= 15 is 0 Å². The Balaban J connectivity index is 1.93. The molecule has 0 aliphatic heterocycles. The summed E-state index contributed by atoms with van der Waals surface area (Å²) < 4.78 is 0. The van der Waals surface area contributed by atoms with Crippen LogP contribution < -0.4 is 5.32 Å². The zero-order valence-electron chi connectivity index (χ0n) is 14.3.